The van der Waals surface area contributed by atoms with Crippen molar-refractivity contribution < 1.29 is 4.79 Å². The molecule has 0 bridgehead atoms. The van der Waals surface area contributed by atoms with Crippen molar-refractivity contribution in [2.75, 3.05) is 11.1 Å². The Morgan fingerprint density at radius 2 is 2.29 bits per heavy atom. The standard InChI is InChI=1S/C10H10BrN5O/c1-16-9(7(12)5-14-16)10(17)15-8-2-3-13-4-6(8)11/h2-5H,12H2,1H3,(H,13,15,17). The maximum atomic E-state index is 12.0. The molecular weight excluding hydrogens is 286 g/mol. The smallest absolute Gasteiger partial charge is 0.276 e. The van der Waals surface area contributed by atoms with Gasteiger partial charge in [-0.2, -0.15) is 5.10 Å². The highest BCUT2D eigenvalue weighted by Crippen LogP contribution is 2.21. The van der Waals surface area contributed by atoms with Crippen LogP contribution in [0.3, 0.4) is 0 Å². The highest BCUT2D eigenvalue weighted by atomic mass is 79.9. The number of amides is 1. The van der Waals surface area contributed by atoms with E-state index in [-0.39, 0.29) is 5.91 Å². The number of hydrogen-bond acceptors (Lipinski definition) is 4. The molecule has 0 aliphatic carbocycles. The van der Waals surface area contributed by atoms with Gasteiger partial charge in [-0.15, -0.1) is 0 Å². The summed E-state index contributed by atoms with van der Waals surface area (Å²) in [5.74, 6) is -0.311. The lowest BCUT2D eigenvalue weighted by atomic mass is 10.3. The molecule has 88 valence electrons. The van der Waals surface area contributed by atoms with Crippen molar-refractivity contribution in [3.05, 3.63) is 34.8 Å². The summed E-state index contributed by atoms with van der Waals surface area (Å²) >= 11 is 3.29. The van der Waals surface area contributed by atoms with Crippen molar-refractivity contribution in [2.45, 2.75) is 0 Å². The molecule has 0 aliphatic heterocycles. The summed E-state index contributed by atoms with van der Waals surface area (Å²) in [6, 6.07) is 1.69. The lowest BCUT2D eigenvalue weighted by molar-refractivity contribution is 0.101. The van der Waals surface area contributed by atoms with Gasteiger partial charge >= 0.3 is 0 Å². The van der Waals surface area contributed by atoms with Gasteiger partial charge in [0.15, 0.2) is 0 Å². The van der Waals surface area contributed by atoms with Crippen LogP contribution in [0, 0.1) is 0 Å². The molecule has 2 aromatic heterocycles. The molecular formula is C10H10BrN5O. The summed E-state index contributed by atoms with van der Waals surface area (Å²) < 4.78 is 2.13. The predicted molar refractivity (Wildman–Crippen MR) is 67.5 cm³/mol. The first-order chi connectivity index (χ1) is 8.09. The Labute approximate surface area is 106 Å². The van der Waals surface area contributed by atoms with Crippen LogP contribution in [0.5, 0.6) is 0 Å². The minimum Gasteiger partial charge on any atom is -0.396 e. The first-order valence-corrected chi connectivity index (χ1v) is 5.57. The number of nitrogens with zero attached hydrogens (tertiary/aromatic N) is 3. The fourth-order valence-electron chi connectivity index (χ4n) is 1.39. The van der Waals surface area contributed by atoms with Crippen LogP contribution >= 0.6 is 15.9 Å². The van der Waals surface area contributed by atoms with Crippen molar-refractivity contribution in [2.24, 2.45) is 7.05 Å². The largest absolute Gasteiger partial charge is 0.396 e. The summed E-state index contributed by atoms with van der Waals surface area (Å²) in [5.41, 5.74) is 6.97. The first kappa shape index (κ1) is 11.6. The second-order valence-electron chi connectivity index (χ2n) is 3.38. The number of nitrogen functional groups attached to an aromatic ring is 1. The van der Waals surface area contributed by atoms with Gasteiger partial charge in [-0.25, -0.2) is 0 Å². The van der Waals surface area contributed by atoms with Crippen LogP contribution in [0.2, 0.25) is 0 Å². The van der Waals surface area contributed by atoms with Crippen molar-refractivity contribution >= 4 is 33.2 Å². The van der Waals surface area contributed by atoms with Crippen LogP contribution in [-0.4, -0.2) is 20.7 Å². The number of carbonyl (C=O) groups is 1. The third-order valence-corrected chi connectivity index (χ3v) is 2.83. The SMILES string of the molecule is Cn1ncc(N)c1C(=O)Nc1ccncc1Br. The number of nitrogens with one attached hydrogen (secondary N) is 1. The number of nitrogens with two attached hydrogens (primary N) is 1. The number of carbonyl (C=O) groups excluding carboxylic acids is 1. The molecule has 2 heterocycles. The van der Waals surface area contributed by atoms with Gasteiger partial charge in [0.05, 0.1) is 22.0 Å². The van der Waals surface area contributed by atoms with E-state index in [1.165, 1.54) is 10.9 Å². The van der Waals surface area contributed by atoms with E-state index in [2.05, 4.69) is 31.3 Å². The van der Waals surface area contributed by atoms with E-state index in [4.69, 9.17) is 5.73 Å². The van der Waals surface area contributed by atoms with Gasteiger partial charge < -0.3 is 11.1 Å². The molecule has 0 aliphatic rings. The predicted octanol–water partition coefficient (Wildman–Crippen LogP) is 1.41. The maximum absolute atomic E-state index is 12.0. The van der Waals surface area contributed by atoms with Crippen molar-refractivity contribution in [3.63, 3.8) is 0 Å². The van der Waals surface area contributed by atoms with Gasteiger partial charge in [0.2, 0.25) is 0 Å². The Bertz CT molecular complexity index is 546. The summed E-state index contributed by atoms with van der Waals surface area (Å²) in [6.45, 7) is 0. The van der Waals surface area contributed by atoms with Crippen molar-refractivity contribution in [1.82, 2.24) is 14.8 Å². The van der Waals surface area contributed by atoms with Crippen molar-refractivity contribution in [1.29, 1.82) is 0 Å². The average molecular weight is 296 g/mol. The molecule has 0 saturated carbocycles. The Hall–Kier alpha value is -1.89. The van der Waals surface area contributed by atoms with E-state index in [9.17, 15) is 4.79 Å². The van der Waals surface area contributed by atoms with Crippen LogP contribution in [-0.2, 0) is 7.05 Å². The quantitative estimate of drug-likeness (QED) is 0.877. The van der Waals surface area contributed by atoms with Gasteiger partial charge in [0, 0.05) is 19.4 Å². The zero-order valence-electron chi connectivity index (χ0n) is 9.01. The monoisotopic (exact) mass is 295 g/mol. The molecule has 7 heteroatoms. The lowest BCUT2D eigenvalue weighted by Gasteiger charge is -2.07. The molecule has 2 aromatic rings. The molecule has 0 radical (unpaired) electrons. The Kier molecular flexibility index (Phi) is 3.10. The lowest BCUT2D eigenvalue weighted by Crippen LogP contribution is -2.17. The van der Waals surface area contributed by atoms with Gasteiger partial charge in [-0.3, -0.25) is 14.5 Å². The van der Waals surface area contributed by atoms with E-state index in [0.717, 1.165) is 0 Å². The Morgan fingerprint density at radius 3 is 2.88 bits per heavy atom. The molecule has 0 saturated heterocycles. The fourth-order valence-corrected chi connectivity index (χ4v) is 1.74. The van der Waals surface area contributed by atoms with E-state index in [0.29, 0.717) is 21.5 Å². The molecule has 17 heavy (non-hydrogen) atoms. The van der Waals surface area contributed by atoms with Gasteiger partial charge in [0.1, 0.15) is 5.69 Å². The number of anilines is 2. The molecule has 0 fully saturated rings. The van der Waals surface area contributed by atoms with Crippen LogP contribution in [0.4, 0.5) is 11.4 Å². The van der Waals surface area contributed by atoms with Gasteiger partial charge in [-0.1, -0.05) is 0 Å². The number of rotatable bonds is 2. The summed E-state index contributed by atoms with van der Waals surface area (Å²) in [5, 5.41) is 6.64. The second-order valence-corrected chi connectivity index (χ2v) is 4.24. The molecule has 6 nitrogen and oxygen atoms in total. The van der Waals surface area contributed by atoms with Crippen LogP contribution in [0.1, 0.15) is 10.5 Å². The Balaban J connectivity index is 2.27. The molecule has 0 aromatic carbocycles. The molecule has 0 spiro atoms. The number of aryl methyl sites for hydroxylation is 1. The summed E-state index contributed by atoms with van der Waals surface area (Å²) in [6.07, 6.45) is 4.63. The third kappa shape index (κ3) is 2.28. The minimum absolute atomic E-state index is 0.311. The average Bonchev–Trinajstić information content (AvgIpc) is 2.62. The Morgan fingerprint density at radius 1 is 1.53 bits per heavy atom. The molecule has 3 N–H and O–H groups in total. The number of pyridine rings is 1. The molecule has 0 unspecified atom stereocenters. The van der Waals surface area contributed by atoms with Crippen LogP contribution in [0.15, 0.2) is 29.1 Å². The van der Waals surface area contributed by atoms with E-state index in [1.807, 2.05) is 0 Å². The van der Waals surface area contributed by atoms with Gasteiger partial charge in [0.25, 0.3) is 5.91 Å². The molecule has 0 atom stereocenters. The fraction of sp³-hybridized carbons (Fsp3) is 0.100. The summed E-state index contributed by atoms with van der Waals surface area (Å²) in [4.78, 5) is 15.9. The normalized spacial score (nSPS) is 10.2. The number of halogens is 1. The van der Waals surface area contributed by atoms with Gasteiger partial charge in [-0.05, 0) is 22.0 Å². The van der Waals surface area contributed by atoms with E-state index in [1.54, 1.807) is 25.5 Å². The van der Waals surface area contributed by atoms with E-state index < -0.39 is 0 Å². The third-order valence-electron chi connectivity index (χ3n) is 2.20. The number of hydrogen-bond donors (Lipinski definition) is 2. The van der Waals surface area contributed by atoms with Crippen LogP contribution in [0.25, 0.3) is 0 Å². The van der Waals surface area contributed by atoms with E-state index >= 15 is 0 Å². The zero-order chi connectivity index (χ0) is 12.4. The molecule has 1 amide bonds. The highest BCUT2D eigenvalue weighted by molar-refractivity contribution is 9.10. The highest BCUT2D eigenvalue weighted by Gasteiger charge is 2.15. The second kappa shape index (κ2) is 4.54. The minimum atomic E-state index is -0.311. The summed E-state index contributed by atoms with van der Waals surface area (Å²) in [7, 11) is 1.66. The first-order valence-electron chi connectivity index (χ1n) is 4.78. The van der Waals surface area contributed by atoms with Crippen molar-refractivity contribution in [3.8, 4) is 0 Å². The zero-order valence-corrected chi connectivity index (χ0v) is 10.6. The number of aromatic nitrogens is 3. The topological polar surface area (TPSA) is 85.8 Å². The maximum Gasteiger partial charge on any atom is 0.276 e. The van der Waals surface area contributed by atoms with Crippen LogP contribution < -0.4 is 11.1 Å². The molecule has 2 rings (SSSR count).